The van der Waals surface area contributed by atoms with Gasteiger partial charge in [-0.1, -0.05) is 23.2 Å². The zero-order valence-corrected chi connectivity index (χ0v) is 33.0. The van der Waals surface area contributed by atoms with E-state index in [0.29, 0.717) is 21.4 Å². The Labute approximate surface area is 337 Å². The monoisotopic (exact) mass is 802 g/mol. The Bertz CT molecular complexity index is 1840. The van der Waals surface area contributed by atoms with Crippen molar-refractivity contribution in [2.24, 2.45) is 23.7 Å². The topological polar surface area (TPSA) is 172 Å². The van der Waals surface area contributed by atoms with Crippen LogP contribution < -0.4 is 20.0 Å². The molecule has 4 fully saturated rings. The smallest absolute Gasteiger partial charge is 0.225 e. The molecule has 0 spiro atoms. The summed E-state index contributed by atoms with van der Waals surface area (Å²) in [5.74, 6) is 5.84. The molecule has 0 atom stereocenters. The van der Waals surface area contributed by atoms with Gasteiger partial charge in [-0.25, -0.2) is 39.9 Å². The molecule has 17 heteroatoms. The molecular formula is C38H45Cl3N14. The summed E-state index contributed by atoms with van der Waals surface area (Å²) in [6.07, 6.45) is 19.1. The van der Waals surface area contributed by atoms with Gasteiger partial charge in [0.2, 0.25) is 11.2 Å². The van der Waals surface area contributed by atoms with Crippen molar-refractivity contribution in [3.05, 3.63) is 76.3 Å². The zero-order valence-electron chi connectivity index (χ0n) is 30.7. The number of anilines is 3. The van der Waals surface area contributed by atoms with Gasteiger partial charge >= 0.3 is 0 Å². The first-order valence-electron chi connectivity index (χ1n) is 18.9. The molecule has 288 valence electrons. The van der Waals surface area contributed by atoms with Crippen LogP contribution in [-0.2, 0) is 0 Å². The van der Waals surface area contributed by atoms with Crippen LogP contribution in [0.2, 0.25) is 15.3 Å². The van der Waals surface area contributed by atoms with E-state index in [1.54, 1.807) is 24.5 Å². The predicted molar refractivity (Wildman–Crippen MR) is 213 cm³/mol. The second-order valence-electron chi connectivity index (χ2n) is 14.2. The quantitative estimate of drug-likeness (QED) is 0.224. The van der Waals surface area contributed by atoms with E-state index in [-0.39, 0.29) is 5.28 Å². The van der Waals surface area contributed by atoms with Crippen LogP contribution in [0.15, 0.2) is 49.6 Å². The minimum atomic E-state index is 0.217. The Morgan fingerprint density at radius 2 is 0.891 bits per heavy atom. The van der Waals surface area contributed by atoms with E-state index in [0.717, 1.165) is 80.5 Å². The maximum Gasteiger partial charge on any atom is 0.225 e. The highest BCUT2D eigenvalue weighted by Crippen LogP contribution is 2.35. The lowest BCUT2D eigenvalue weighted by molar-refractivity contribution is 0.221. The summed E-state index contributed by atoms with van der Waals surface area (Å²) in [4.78, 5) is 39.2. The lowest BCUT2D eigenvalue weighted by Gasteiger charge is -2.40. The molecule has 0 bridgehead atoms. The van der Waals surface area contributed by atoms with Crippen molar-refractivity contribution in [2.75, 3.05) is 67.1 Å². The molecule has 4 aromatic heterocycles. The average Bonchev–Trinajstić information content (AvgIpc) is 3.26. The molecule has 0 saturated carbocycles. The molecule has 4 aliphatic heterocycles. The van der Waals surface area contributed by atoms with Gasteiger partial charge in [0.1, 0.15) is 47.8 Å². The number of aromatic nitrogens is 8. The van der Waals surface area contributed by atoms with Gasteiger partial charge in [-0.05, 0) is 99.7 Å². The third-order valence-electron chi connectivity index (χ3n) is 11.0. The minimum Gasteiger partial charge on any atom is -0.356 e. The maximum absolute atomic E-state index is 9.01. The fraction of sp³-hybridized carbons (Fsp3) is 0.526. The van der Waals surface area contributed by atoms with Crippen LogP contribution in [0.1, 0.15) is 62.8 Å². The molecule has 55 heavy (non-hydrogen) atoms. The van der Waals surface area contributed by atoms with Crippen LogP contribution >= 0.6 is 34.8 Å². The summed E-state index contributed by atoms with van der Waals surface area (Å²) in [7, 11) is 0. The van der Waals surface area contributed by atoms with Gasteiger partial charge < -0.3 is 20.0 Å². The Hall–Kier alpha value is -4.47. The molecule has 0 aromatic carbocycles. The number of piperidine rings is 4. The number of rotatable bonds is 5. The van der Waals surface area contributed by atoms with E-state index < -0.39 is 0 Å². The molecule has 4 saturated heterocycles. The molecule has 4 aliphatic rings. The maximum atomic E-state index is 9.01. The highest BCUT2D eigenvalue weighted by Gasteiger charge is 2.31. The van der Waals surface area contributed by atoms with Crippen molar-refractivity contribution in [3.8, 4) is 12.1 Å². The van der Waals surface area contributed by atoms with Crippen LogP contribution in [0.3, 0.4) is 0 Å². The van der Waals surface area contributed by atoms with Crippen molar-refractivity contribution in [1.82, 2.24) is 45.2 Å². The third kappa shape index (κ3) is 11.8. The van der Waals surface area contributed by atoms with E-state index in [9.17, 15) is 0 Å². The number of nitriles is 2. The summed E-state index contributed by atoms with van der Waals surface area (Å²) in [6.45, 7) is 8.46. The lowest BCUT2D eigenvalue weighted by atomic mass is 9.79. The van der Waals surface area contributed by atoms with Gasteiger partial charge in [-0.3, -0.25) is 0 Å². The fourth-order valence-corrected chi connectivity index (χ4v) is 8.31. The van der Waals surface area contributed by atoms with Crippen LogP contribution in [0.4, 0.5) is 17.6 Å². The number of hydrogen-bond donors (Lipinski definition) is 1. The van der Waals surface area contributed by atoms with E-state index in [1.807, 2.05) is 0 Å². The van der Waals surface area contributed by atoms with E-state index >= 15 is 0 Å². The van der Waals surface area contributed by atoms with Crippen molar-refractivity contribution in [3.63, 3.8) is 0 Å². The van der Waals surface area contributed by atoms with E-state index in [2.05, 4.69) is 72.0 Å². The van der Waals surface area contributed by atoms with E-state index in [1.165, 1.54) is 89.5 Å². The number of halogens is 3. The highest BCUT2D eigenvalue weighted by atomic mass is 35.5. The van der Waals surface area contributed by atoms with Gasteiger partial charge in [-0.2, -0.15) is 10.5 Å². The fourth-order valence-electron chi connectivity index (χ4n) is 8.01. The molecule has 0 amide bonds. The third-order valence-corrected chi connectivity index (χ3v) is 11.6. The summed E-state index contributed by atoms with van der Waals surface area (Å²) in [5, 5.41) is 22.6. The second kappa shape index (κ2) is 20.4. The second-order valence-corrected chi connectivity index (χ2v) is 15.4. The number of nitrogens with zero attached hydrogens (tertiary/aromatic N) is 13. The van der Waals surface area contributed by atoms with Crippen molar-refractivity contribution in [2.45, 2.75) is 51.4 Å². The van der Waals surface area contributed by atoms with Gasteiger partial charge in [0.25, 0.3) is 0 Å². The van der Waals surface area contributed by atoms with Crippen LogP contribution in [0.25, 0.3) is 0 Å². The minimum absolute atomic E-state index is 0.217. The predicted octanol–water partition coefficient (Wildman–Crippen LogP) is 6.27. The molecule has 1 N–H and O–H groups in total. The summed E-state index contributed by atoms with van der Waals surface area (Å²) in [6, 6.07) is 7.75. The first kappa shape index (κ1) is 40.2. The molecular weight excluding hydrogens is 759 g/mol. The van der Waals surface area contributed by atoms with Crippen molar-refractivity contribution < 1.29 is 0 Å². The van der Waals surface area contributed by atoms with Crippen LogP contribution in [0.5, 0.6) is 0 Å². The summed E-state index contributed by atoms with van der Waals surface area (Å²) < 4.78 is 0. The first-order valence-corrected chi connectivity index (χ1v) is 20.0. The van der Waals surface area contributed by atoms with Crippen molar-refractivity contribution in [1.29, 1.82) is 10.5 Å². The molecule has 0 aliphatic carbocycles. The Morgan fingerprint density at radius 3 is 1.29 bits per heavy atom. The van der Waals surface area contributed by atoms with Crippen LogP contribution in [0, 0.1) is 46.3 Å². The zero-order chi connectivity index (χ0) is 38.4. The van der Waals surface area contributed by atoms with Gasteiger partial charge in [-0.15, -0.1) is 0 Å². The summed E-state index contributed by atoms with van der Waals surface area (Å²) in [5.41, 5.74) is 0.884. The molecule has 14 nitrogen and oxygen atoms in total. The van der Waals surface area contributed by atoms with E-state index in [4.69, 9.17) is 45.3 Å². The SMILES string of the molecule is Clc1cnc(Cl)nc1.N#Cc1cc(N2CCC(C3CCN(c4ncc(Cl)cn4)CC3)CC2)ncn1.N#Cc1cc(N2CCC(C3CCNCC3)CC2)ncn1. The summed E-state index contributed by atoms with van der Waals surface area (Å²) >= 11 is 16.6. The Balaban J connectivity index is 0.000000160. The molecule has 4 aromatic rings. The Kier molecular flexibility index (Phi) is 14.9. The average molecular weight is 804 g/mol. The van der Waals surface area contributed by atoms with Gasteiger partial charge in [0.05, 0.1) is 34.8 Å². The van der Waals surface area contributed by atoms with Gasteiger partial charge in [0, 0.05) is 51.4 Å². The Morgan fingerprint density at radius 1 is 0.509 bits per heavy atom. The molecule has 8 rings (SSSR count). The lowest BCUT2D eigenvalue weighted by Crippen LogP contribution is -2.41. The molecule has 0 unspecified atom stereocenters. The normalized spacial score (nSPS) is 18.6. The number of nitrogens with one attached hydrogen (secondary N) is 1. The van der Waals surface area contributed by atoms with Crippen LogP contribution in [-0.4, -0.2) is 92.2 Å². The van der Waals surface area contributed by atoms with Gasteiger partial charge in [0.15, 0.2) is 0 Å². The first-order chi connectivity index (χ1) is 26.9. The largest absolute Gasteiger partial charge is 0.356 e. The number of hydrogen-bond acceptors (Lipinski definition) is 14. The molecule has 8 heterocycles. The van der Waals surface area contributed by atoms with Crippen molar-refractivity contribution >= 4 is 52.4 Å². The standard InChI is InChI=1S/C19H22ClN7.C15H21N5.C4H2Cl2N2/c20-16-11-22-19(23-12-16)27-7-3-15(4-8-27)14-1-5-26(6-2-14)18-9-17(10-21)24-13-25-18;16-10-14-9-15(19-11-18-14)20-7-3-13(4-8-20)12-1-5-17-6-2-12;5-3-1-7-4(6)8-2-3/h9,11-15H,1-8H2;9,11-13,17H,1-8H2;1-2H. The highest BCUT2D eigenvalue weighted by molar-refractivity contribution is 6.31. The molecule has 0 radical (unpaired) electrons.